The number of carbonyl (C=O) groups is 1. The first-order valence-electron chi connectivity index (χ1n) is 5.41. The summed E-state index contributed by atoms with van der Waals surface area (Å²) in [7, 11) is 1.57. The lowest BCUT2D eigenvalue weighted by Crippen LogP contribution is -2.05. The molecule has 0 aliphatic heterocycles. The highest BCUT2D eigenvalue weighted by molar-refractivity contribution is 9.10. The van der Waals surface area contributed by atoms with Crippen LogP contribution >= 0.6 is 27.3 Å². The predicted molar refractivity (Wildman–Crippen MR) is 75.2 cm³/mol. The Morgan fingerprint density at radius 3 is 2.83 bits per heavy atom. The van der Waals surface area contributed by atoms with E-state index in [1.807, 2.05) is 17.5 Å². The summed E-state index contributed by atoms with van der Waals surface area (Å²) < 4.78 is 6.00. The van der Waals surface area contributed by atoms with E-state index in [0.717, 1.165) is 14.9 Å². The van der Waals surface area contributed by atoms with Crippen LogP contribution in [0.4, 0.5) is 0 Å². The zero-order valence-electron chi connectivity index (χ0n) is 9.85. The Bertz CT molecular complexity index is 536. The molecule has 0 fully saturated rings. The molecular formula is C13H12BrNO2S. The standard InChI is InChI=1S/C13H12BrNO2S/c1-17-13-3-2-9(7-15-13)4-11(16)6-12-5-10(14)8-18-12/h2-3,5,7-8H,4,6H2,1H3. The summed E-state index contributed by atoms with van der Waals surface area (Å²) in [5.74, 6) is 0.754. The van der Waals surface area contributed by atoms with Gasteiger partial charge in [-0.1, -0.05) is 6.07 Å². The number of aromatic nitrogens is 1. The number of rotatable bonds is 5. The summed E-state index contributed by atoms with van der Waals surface area (Å²) in [5.41, 5.74) is 0.913. The number of ether oxygens (including phenoxy) is 1. The molecule has 5 heteroatoms. The quantitative estimate of drug-likeness (QED) is 0.846. The van der Waals surface area contributed by atoms with Gasteiger partial charge in [-0.2, -0.15) is 0 Å². The Balaban J connectivity index is 1.94. The molecule has 0 amide bonds. The summed E-state index contributed by atoms with van der Waals surface area (Å²) in [4.78, 5) is 17.0. The first kappa shape index (κ1) is 13.2. The first-order valence-corrected chi connectivity index (χ1v) is 7.08. The summed E-state index contributed by atoms with van der Waals surface area (Å²) in [5, 5.41) is 1.98. The van der Waals surface area contributed by atoms with Gasteiger partial charge in [0.15, 0.2) is 0 Å². The molecule has 0 N–H and O–H groups in total. The molecule has 0 saturated heterocycles. The number of hydrogen-bond donors (Lipinski definition) is 0. The maximum Gasteiger partial charge on any atom is 0.212 e. The van der Waals surface area contributed by atoms with Gasteiger partial charge in [-0.15, -0.1) is 11.3 Å². The van der Waals surface area contributed by atoms with Gasteiger partial charge >= 0.3 is 0 Å². The molecule has 18 heavy (non-hydrogen) atoms. The lowest BCUT2D eigenvalue weighted by Gasteiger charge is -2.01. The summed E-state index contributed by atoms with van der Waals surface area (Å²) in [6.07, 6.45) is 2.57. The lowest BCUT2D eigenvalue weighted by molar-refractivity contribution is -0.117. The fraction of sp³-hybridized carbons (Fsp3) is 0.231. The zero-order valence-corrected chi connectivity index (χ0v) is 12.3. The van der Waals surface area contributed by atoms with E-state index >= 15 is 0 Å². The second kappa shape index (κ2) is 6.11. The van der Waals surface area contributed by atoms with Crippen LogP contribution in [0.15, 0.2) is 34.2 Å². The number of nitrogens with zero attached hydrogens (tertiary/aromatic N) is 1. The van der Waals surface area contributed by atoms with E-state index in [1.165, 1.54) is 0 Å². The highest BCUT2D eigenvalue weighted by Crippen LogP contribution is 2.20. The number of methoxy groups -OCH3 is 1. The van der Waals surface area contributed by atoms with Crippen molar-refractivity contribution < 1.29 is 9.53 Å². The normalized spacial score (nSPS) is 10.3. The maximum absolute atomic E-state index is 11.9. The Morgan fingerprint density at radius 1 is 1.44 bits per heavy atom. The number of pyridine rings is 1. The number of halogens is 1. The topological polar surface area (TPSA) is 39.2 Å². The van der Waals surface area contributed by atoms with Crippen LogP contribution in [0, 0.1) is 0 Å². The fourth-order valence-electron chi connectivity index (χ4n) is 1.57. The molecule has 0 aromatic carbocycles. The minimum absolute atomic E-state index is 0.191. The van der Waals surface area contributed by atoms with Crippen LogP contribution < -0.4 is 4.74 Å². The lowest BCUT2D eigenvalue weighted by atomic mass is 10.1. The fourth-order valence-corrected chi connectivity index (χ4v) is 3.05. The molecule has 2 aromatic rings. The molecule has 0 aliphatic rings. The van der Waals surface area contributed by atoms with Crippen LogP contribution in [-0.4, -0.2) is 17.9 Å². The van der Waals surface area contributed by atoms with E-state index in [4.69, 9.17) is 4.74 Å². The van der Waals surface area contributed by atoms with Gasteiger partial charge in [0.25, 0.3) is 0 Å². The number of hydrogen-bond acceptors (Lipinski definition) is 4. The Labute approximate surface area is 118 Å². The van der Waals surface area contributed by atoms with Gasteiger partial charge in [0.1, 0.15) is 5.78 Å². The third kappa shape index (κ3) is 3.65. The van der Waals surface area contributed by atoms with Crippen LogP contribution in [-0.2, 0) is 17.6 Å². The molecule has 3 nitrogen and oxygen atoms in total. The van der Waals surface area contributed by atoms with Gasteiger partial charge in [0, 0.05) is 39.8 Å². The molecule has 0 saturated carbocycles. The molecule has 0 spiro atoms. The van der Waals surface area contributed by atoms with Gasteiger partial charge in [-0.25, -0.2) is 4.98 Å². The summed E-state index contributed by atoms with van der Waals surface area (Å²) in [6.45, 7) is 0. The Kier molecular flexibility index (Phi) is 4.49. The van der Waals surface area contributed by atoms with Crippen molar-refractivity contribution in [2.75, 3.05) is 7.11 Å². The summed E-state index contributed by atoms with van der Waals surface area (Å²) >= 11 is 4.97. The Hall–Kier alpha value is -1.20. The average molecular weight is 326 g/mol. The molecule has 2 rings (SSSR count). The van der Waals surface area contributed by atoms with Crippen LogP contribution in [0.5, 0.6) is 5.88 Å². The van der Waals surface area contributed by atoms with E-state index in [9.17, 15) is 4.79 Å². The molecule has 2 heterocycles. The Morgan fingerprint density at radius 2 is 2.28 bits per heavy atom. The van der Waals surface area contributed by atoms with Crippen LogP contribution in [0.25, 0.3) is 0 Å². The minimum Gasteiger partial charge on any atom is -0.481 e. The molecule has 0 bridgehead atoms. The maximum atomic E-state index is 11.9. The minimum atomic E-state index is 0.191. The van der Waals surface area contributed by atoms with E-state index < -0.39 is 0 Å². The SMILES string of the molecule is COc1ccc(CC(=O)Cc2cc(Br)cs2)cn1. The number of thiophene rings is 1. The van der Waals surface area contributed by atoms with Crippen molar-refractivity contribution in [1.82, 2.24) is 4.98 Å². The van der Waals surface area contributed by atoms with Crippen molar-refractivity contribution in [1.29, 1.82) is 0 Å². The van der Waals surface area contributed by atoms with Gasteiger partial charge in [-0.3, -0.25) is 4.79 Å². The van der Waals surface area contributed by atoms with E-state index in [2.05, 4.69) is 20.9 Å². The predicted octanol–water partition coefficient (Wildman–Crippen LogP) is 3.27. The van der Waals surface area contributed by atoms with Crippen molar-refractivity contribution in [2.24, 2.45) is 0 Å². The van der Waals surface area contributed by atoms with Crippen molar-refractivity contribution in [3.63, 3.8) is 0 Å². The molecule has 94 valence electrons. The van der Waals surface area contributed by atoms with E-state index in [-0.39, 0.29) is 5.78 Å². The van der Waals surface area contributed by atoms with Crippen molar-refractivity contribution >= 4 is 33.0 Å². The first-order chi connectivity index (χ1) is 8.67. The second-order valence-electron chi connectivity index (χ2n) is 3.83. The number of Topliss-reactive ketones (excluding diaryl/α,β-unsaturated/α-hetero) is 1. The second-order valence-corrected chi connectivity index (χ2v) is 5.74. The van der Waals surface area contributed by atoms with Crippen LogP contribution in [0.2, 0.25) is 0 Å². The molecule has 2 aromatic heterocycles. The smallest absolute Gasteiger partial charge is 0.212 e. The molecule has 0 atom stereocenters. The molecular weight excluding hydrogens is 314 g/mol. The largest absolute Gasteiger partial charge is 0.481 e. The van der Waals surface area contributed by atoms with Gasteiger partial charge in [0.2, 0.25) is 5.88 Å². The third-order valence-corrected chi connectivity index (χ3v) is 4.10. The average Bonchev–Trinajstić information content (AvgIpc) is 2.75. The number of carbonyl (C=O) groups excluding carboxylic acids is 1. The van der Waals surface area contributed by atoms with Gasteiger partial charge in [0.05, 0.1) is 7.11 Å². The highest BCUT2D eigenvalue weighted by Gasteiger charge is 2.07. The van der Waals surface area contributed by atoms with Crippen molar-refractivity contribution in [2.45, 2.75) is 12.8 Å². The molecule has 0 radical (unpaired) electrons. The van der Waals surface area contributed by atoms with Crippen LogP contribution in [0.1, 0.15) is 10.4 Å². The monoisotopic (exact) mass is 325 g/mol. The summed E-state index contributed by atoms with van der Waals surface area (Å²) in [6, 6.07) is 5.62. The van der Waals surface area contributed by atoms with Crippen molar-refractivity contribution in [3.05, 3.63) is 44.7 Å². The van der Waals surface area contributed by atoms with Gasteiger partial charge < -0.3 is 4.74 Å². The number of ketones is 1. The zero-order chi connectivity index (χ0) is 13.0. The molecule has 0 aliphatic carbocycles. The van der Waals surface area contributed by atoms with Crippen molar-refractivity contribution in [3.8, 4) is 5.88 Å². The molecule has 0 unspecified atom stereocenters. The van der Waals surface area contributed by atoms with E-state index in [0.29, 0.717) is 18.7 Å². The van der Waals surface area contributed by atoms with E-state index in [1.54, 1.807) is 30.7 Å². The van der Waals surface area contributed by atoms with Crippen LogP contribution in [0.3, 0.4) is 0 Å². The third-order valence-electron chi connectivity index (χ3n) is 2.40. The van der Waals surface area contributed by atoms with Gasteiger partial charge in [-0.05, 0) is 27.6 Å². The highest BCUT2D eigenvalue weighted by atomic mass is 79.9.